The first-order valence-electron chi connectivity index (χ1n) is 11.8. The van der Waals surface area contributed by atoms with E-state index in [9.17, 15) is 14.0 Å². The van der Waals surface area contributed by atoms with E-state index in [1.54, 1.807) is 29.8 Å². The molecule has 1 saturated heterocycles. The highest BCUT2D eigenvalue weighted by atomic mass is 19.1. The van der Waals surface area contributed by atoms with Crippen LogP contribution in [0.3, 0.4) is 0 Å². The number of ether oxygens (including phenoxy) is 2. The number of aromatic nitrogens is 2. The molecule has 38 heavy (non-hydrogen) atoms. The lowest BCUT2D eigenvalue weighted by Gasteiger charge is -2.32. The molecule has 0 atom stereocenters. The number of rotatable bonds is 8. The fourth-order valence-electron chi connectivity index (χ4n) is 4.05. The fourth-order valence-corrected chi connectivity index (χ4v) is 4.05. The minimum absolute atomic E-state index is 0.106. The number of halogens is 1. The normalized spacial score (nSPS) is 13.9. The van der Waals surface area contributed by atoms with Gasteiger partial charge >= 0.3 is 0 Å². The standard InChI is InChI=1S/C27H26FN5O5/c1-37-23-8-5-18(14-24(23)38-2)22(13-17-3-6-20(28)7-4-17)26(35)31-21-9-11-33(12-10-21)27-29-15-19(16-30-27)25(34)32-36/h3,5-6,8,13-16,21,36H,9-12H2,1-2H3,(H,31,35)(H,32,34). The van der Waals surface area contributed by atoms with Gasteiger partial charge in [-0.15, -0.1) is 0 Å². The number of methoxy groups -OCH3 is 2. The molecule has 0 aliphatic carbocycles. The van der Waals surface area contributed by atoms with Crippen LogP contribution in [-0.4, -0.2) is 60.3 Å². The molecule has 2 aromatic carbocycles. The van der Waals surface area contributed by atoms with Gasteiger partial charge in [-0.3, -0.25) is 14.8 Å². The minimum atomic E-state index is -0.688. The van der Waals surface area contributed by atoms with Gasteiger partial charge in [0.2, 0.25) is 5.95 Å². The number of hydrogen-bond acceptors (Lipinski definition) is 8. The van der Waals surface area contributed by atoms with Crippen molar-refractivity contribution in [1.82, 2.24) is 20.8 Å². The number of amides is 2. The van der Waals surface area contributed by atoms with Crippen molar-refractivity contribution in [2.45, 2.75) is 18.9 Å². The number of carbonyl (C=O) groups excluding carboxylic acids is 2. The van der Waals surface area contributed by atoms with E-state index in [2.05, 4.69) is 27.4 Å². The molecule has 0 bridgehead atoms. The van der Waals surface area contributed by atoms with E-state index in [1.807, 2.05) is 4.90 Å². The third-order valence-electron chi connectivity index (χ3n) is 6.09. The van der Waals surface area contributed by atoms with Crippen LogP contribution < -0.4 is 25.2 Å². The van der Waals surface area contributed by atoms with E-state index in [-0.39, 0.29) is 17.5 Å². The van der Waals surface area contributed by atoms with Crippen LogP contribution in [0, 0.1) is 17.9 Å². The Balaban J connectivity index is 1.49. The monoisotopic (exact) mass is 519 g/mol. The summed E-state index contributed by atoms with van der Waals surface area (Å²) in [6, 6.07) is 12.9. The predicted molar refractivity (Wildman–Crippen MR) is 136 cm³/mol. The van der Waals surface area contributed by atoms with Gasteiger partial charge in [0.1, 0.15) is 0 Å². The molecule has 0 radical (unpaired) electrons. The van der Waals surface area contributed by atoms with Crippen LogP contribution in [0.15, 0.2) is 42.7 Å². The van der Waals surface area contributed by atoms with Crippen molar-refractivity contribution < 1.29 is 28.7 Å². The smallest absolute Gasteiger partial charge is 0.277 e. The van der Waals surface area contributed by atoms with Gasteiger partial charge in [0, 0.05) is 42.7 Å². The average molecular weight is 520 g/mol. The third-order valence-corrected chi connectivity index (χ3v) is 6.09. The Morgan fingerprint density at radius 1 is 1.05 bits per heavy atom. The van der Waals surface area contributed by atoms with Crippen molar-refractivity contribution in [2.24, 2.45) is 0 Å². The molecular weight excluding hydrogens is 493 g/mol. The second kappa shape index (κ2) is 12.0. The van der Waals surface area contributed by atoms with E-state index in [4.69, 9.17) is 14.7 Å². The van der Waals surface area contributed by atoms with Crippen molar-refractivity contribution in [3.8, 4) is 11.5 Å². The van der Waals surface area contributed by atoms with Crippen LogP contribution in [-0.2, 0) is 4.79 Å². The molecule has 0 unspecified atom stereocenters. The molecule has 11 heteroatoms. The largest absolute Gasteiger partial charge is 0.493 e. The van der Waals surface area contributed by atoms with E-state index in [0.29, 0.717) is 60.1 Å². The molecule has 2 amide bonds. The fraction of sp³-hybridized carbons (Fsp3) is 0.259. The summed E-state index contributed by atoms with van der Waals surface area (Å²) < 4.78 is 24.1. The molecule has 3 aromatic rings. The molecule has 4 rings (SSSR count). The van der Waals surface area contributed by atoms with E-state index in [1.165, 1.54) is 38.7 Å². The first-order chi connectivity index (χ1) is 18.4. The van der Waals surface area contributed by atoms with Gasteiger partial charge in [0.05, 0.1) is 19.8 Å². The SMILES string of the molecule is COc1ccc(C(=Cc2c#cc(F)cc2)C(=O)NC2CCN(c3ncc(C(=O)NO)cn3)CC2)cc1OC. The molecule has 1 aromatic heterocycles. The summed E-state index contributed by atoms with van der Waals surface area (Å²) in [5.74, 6) is -0.0810. The Kier molecular flexibility index (Phi) is 8.35. The van der Waals surface area contributed by atoms with Gasteiger partial charge in [-0.2, -0.15) is 4.39 Å². The second-order valence-electron chi connectivity index (χ2n) is 8.46. The van der Waals surface area contributed by atoms with Gasteiger partial charge in [-0.25, -0.2) is 15.4 Å². The van der Waals surface area contributed by atoms with E-state index in [0.717, 1.165) is 0 Å². The highest BCUT2D eigenvalue weighted by molar-refractivity contribution is 6.24. The molecule has 3 N–H and O–H groups in total. The van der Waals surface area contributed by atoms with Gasteiger partial charge in [0.15, 0.2) is 17.3 Å². The number of nitrogens with zero attached hydrogens (tertiary/aromatic N) is 3. The predicted octanol–water partition coefficient (Wildman–Crippen LogP) is 2.68. The summed E-state index contributed by atoms with van der Waals surface area (Å²) in [6.07, 6.45) is 5.59. The number of anilines is 1. The molecule has 0 spiro atoms. The van der Waals surface area contributed by atoms with Gasteiger partial charge in [-0.05, 0) is 54.8 Å². The molecule has 2 heterocycles. The quantitative estimate of drug-likeness (QED) is 0.236. The number of nitrogens with one attached hydrogen (secondary N) is 2. The van der Waals surface area contributed by atoms with Gasteiger partial charge in [0.25, 0.3) is 11.8 Å². The highest BCUT2D eigenvalue weighted by Crippen LogP contribution is 2.31. The number of hydroxylamine groups is 1. The lowest BCUT2D eigenvalue weighted by molar-refractivity contribution is -0.116. The number of piperidine rings is 1. The highest BCUT2D eigenvalue weighted by Gasteiger charge is 2.24. The Labute approximate surface area is 219 Å². The van der Waals surface area contributed by atoms with Crippen LogP contribution in [0.5, 0.6) is 11.5 Å². The third kappa shape index (κ3) is 6.16. The zero-order valence-electron chi connectivity index (χ0n) is 20.8. The number of carbonyl (C=O) groups is 2. The Morgan fingerprint density at radius 3 is 2.37 bits per heavy atom. The summed E-state index contributed by atoms with van der Waals surface area (Å²) in [6.45, 7) is 1.18. The molecular formula is C27H26FN5O5. The minimum Gasteiger partial charge on any atom is -0.493 e. The summed E-state index contributed by atoms with van der Waals surface area (Å²) in [4.78, 5) is 35.3. The topological polar surface area (TPSA) is 126 Å². The van der Waals surface area contributed by atoms with Crippen LogP contribution in [0.2, 0.25) is 0 Å². The van der Waals surface area contributed by atoms with Crippen LogP contribution >= 0.6 is 0 Å². The summed E-state index contributed by atoms with van der Waals surface area (Å²) in [7, 11) is 3.04. The molecule has 0 saturated carbocycles. The molecule has 1 fully saturated rings. The summed E-state index contributed by atoms with van der Waals surface area (Å²) >= 11 is 0. The second-order valence-corrected chi connectivity index (χ2v) is 8.46. The lowest BCUT2D eigenvalue weighted by Crippen LogP contribution is -2.45. The Morgan fingerprint density at radius 2 is 1.76 bits per heavy atom. The van der Waals surface area contributed by atoms with Crippen LogP contribution in [0.4, 0.5) is 10.3 Å². The molecule has 1 aliphatic heterocycles. The van der Waals surface area contributed by atoms with E-state index >= 15 is 0 Å². The zero-order valence-corrected chi connectivity index (χ0v) is 20.8. The van der Waals surface area contributed by atoms with Crippen LogP contribution in [0.25, 0.3) is 11.6 Å². The molecule has 1 aliphatic rings. The average Bonchev–Trinajstić information content (AvgIpc) is 2.96. The molecule has 10 nitrogen and oxygen atoms in total. The van der Waals surface area contributed by atoms with Crippen molar-refractivity contribution in [3.63, 3.8) is 0 Å². The van der Waals surface area contributed by atoms with E-state index < -0.39 is 11.7 Å². The maximum absolute atomic E-state index is 13.5. The van der Waals surface area contributed by atoms with Crippen molar-refractivity contribution >= 4 is 29.4 Å². The lowest BCUT2D eigenvalue weighted by atomic mass is 9.99. The number of hydrogen-bond donors (Lipinski definition) is 3. The summed E-state index contributed by atoms with van der Waals surface area (Å²) in [5, 5.41) is 11.8. The van der Waals surface area contributed by atoms with Crippen molar-refractivity contribution in [1.29, 1.82) is 0 Å². The van der Waals surface area contributed by atoms with Crippen LogP contribution in [0.1, 0.15) is 34.3 Å². The maximum atomic E-state index is 13.5. The maximum Gasteiger partial charge on any atom is 0.277 e. The van der Waals surface area contributed by atoms with Gasteiger partial charge < -0.3 is 19.7 Å². The number of benzene rings is 1. The molecule has 196 valence electrons. The van der Waals surface area contributed by atoms with Gasteiger partial charge in [-0.1, -0.05) is 12.1 Å². The van der Waals surface area contributed by atoms with Crippen molar-refractivity contribution in [3.05, 3.63) is 77.4 Å². The first-order valence-corrected chi connectivity index (χ1v) is 11.8. The Bertz CT molecular complexity index is 1310. The van der Waals surface area contributed by atoms with Crippen molar-refractivity contribution in [2.75, 3.05) is 32.2 Å². The Hall–Kier alpha value is -4.69. The summed E-state index contributed by atoms with van der Waals surface area (Å²) in [5.41, 5.74) is 3.13. The first kappa shape index (κ1) is 26.4. The zero-order chi connectivity index (χ0) is 27.1.